The van der Waals surface area contributed by atoms with Gasteiger partial charge in [-0.3, -0.25) is 15.4 Å². The second kappa shape index (κ2) is 9.81. The molecule has 0 bridgehead atoms. The lowest BCUT2D eigenvalue weighted by atomic mass is 10.2. The molecule has 0 radical (unpaired) electrons. The number of tetrazole rings is 1. The molecule has 140 valence electrons. The molecule has 1 heterocycles. The summed E-state index contributed by atoms with van der Waals surface area (Å²) in [4.78, 5) is 13.8. The average molecular weight is 376 g/mol. The fraction of sp³-hybridized carbons (Fsp3) is 0.471. The van der Waals surface area contributed by atoms with Gasteiger partial charge < -0.3 is 4.74 Å². The van der Waals surface area contributed by atoms with Gasteiger partial charge in [-0.2, -0.15) is 4.80 Å². The molecule has 1 aromatic carbocycles. The molecule has 2 aromatic rings. The van der Waals surface area contributed by atoms with Gasteiger partial charge in [-0.25, -0.2) is 0 Å². The van der Waals surface area contributed by atoms with E-state index in [2.05, 4.69) is 46.8 Å². The van der Waals surface area contributed by atoms with Crippen molar-refractivity contribution >= 4 is 29.2 Å². The molecule has 0 saturated heterocycles. The number of anilines is 1. The third kappa shape index (κ3) is 6.40. The van der Waals surface area contributed by atoms with E-state index in [0.29, 0.717) is 30.4 Å². The topological polar surface area (TPSA) is 94.0 Å². The quantitative estimate of drug-likeness (QED) is 0.684. The van der Waals surface area contributed by atoms with Crippen molar-refractivity contribution in [2.45, 2.75) is 40.2 Å². The highest BCUT2D eigenvalue weighted by molar-refractivity contribution is 7.80. The highest BCUT2D eigenvalue weighted by Crippen LogP contribution is 2.14. The first kappa shape index (κ1) is 19.8. The summed E-state index contributed by atoms with van der Waals surface area (Å²) in [5.41, 5.74) is 0.454. The average Bonchev–Trinajstić information content (AvgIpc) is 3.05. The van der Waals surface area contributed by atoms with Crippen LogP contribution in [0.3, 0.4) is 0 Å². The van der Waals surface area contributed by atoms with Gasteiger partial charge in [0.15, 0.2) is 5.11 Å². The zero-order valence-corrected chi connectivity index (χ0v) is 16.0. The maximum absolute atomic E-state index is 12.3. The molecule has 1 amide bonds. The molecule has 0 aliphatic rings. The highest BCUT2D eigenvalue weighted by Gasteiger charge is 2.11. The van der Waals surface area contributed by atoms with Crippen molar-refractivity contribution in [2.75, 3.05) is 11.9 Å². The number of amides is 1. The van der Waals surface area contributed by atoms with E-state index in [1.54, 1.807) is 18.2 Å². The smallest absolute Gasteiger partial charge is 0.269 e. The normalized spacial score (nSPS) is 10.6. The molecule has 2 N–H and O–H groups in total. The van der Waals surface area contributed by atoms with Crippen molar-refractivity contribution in [3.63, 3.8) is 0 Å². The van der Waals surface area contributed by atoms with Crippen molar-refractivity contribution < 1.29 is 9.53 Å². The van der Waals surface area contributed by atoms with Crippen molar-refractivity contribution in [1.82, 2.24) is 25.5 Å². The number of benzene rings is 1. The highest BCUT2D eigenvalue weighted by atomic mass is 32.1. The maximum Gasteiger partial charge on any atom is 0.269 e. The van der Waals surface area contributed by atoms with Gasteiger partial charge >= 0.3 is 0 Å². The zero-order valence-electron chi connectivity index (χ0n) is 15.2. The van der Waals surface area contributed by atoms with Crippen LogP contribution in [0.25, 0.3) is 0 Å². The summed E-state index contributed by atoms with van der Waals surface area (Å²) in [6.45, 7) is 7.49. The third-order valence-corrected chi connectivity index (χ3v) is 3.50. The van der Waals surface area contributed by atoms with Crippen LogP contribution in [-0.2, 0) is 6.54 Å². The second-order valence-corrected chi connectivity index (χ2v) is 6.61. The number of rotatable bonds is 8. The van der Waals surface area contributed by atoms with Crippen molar-refractivity contribution in [2.24, 2.45) is 5.92 Å². The molecule has 1 aromatic heterocycles. The molecular weight excluding hydrogens is 352 g/mol. The fourth-order valence-electron chi connectivity index (χ4n) is 1.99. The molecule has 0 atom stereocenters. The Hall–Kier alpha value is -2.55. The lowest BCUT2D eigenvalue weighted by molar-refractivity contribution is 0.0977. The number of thiocarbonyl (C=S) groups is 1. The minimum absolute atomic E-state index is 0.110. The first-order valence-electron chi connectivity index (χ1n) is 8.61. The summed E-state index contributed by atoms with van der Waals surface area (Å²) >= 11 is 5.14. The lowest BCUT2D eigenvalue weighted by Gasteiger charge is -2.10. The molecular formula is C17H24N6O2S. The minimum atomic E-state index is -0.337. The van der Waals surface area contributed by atoms with E-state index in [4.69, 9.17) is 17.0 Å². The molecule has 26 heavy (non-hydrogen) atoms. The third-order valence-electron chi connectivity index (χ3n) is 3.30. The van der Waals surface area contributed by atoms with Crippen LogP contribution in [-0.4, -0.2) is 37.8 Å². The number of aromatic nitrogens is 4. The maximum atomic E-state index is 12.3. The monoisotopic (exact) mass is 376 g/mol. The molecule has 9 heteroatoms. The Kier molecular flexibility index (Phi) is 7.46. The summed E-state index contributed by atoms with van der Waals surface area (Å²) < 4.78 is 5.63. The first-order valence-corrected chi connectivity index (χ1v) is 9.01. The van der Waals surface area contributed by atoms with Crippen LogP contribution < -0.4 is 15.4 Å². The van der Waals surface area contributed by atoms with E-state index >= 15 is 0 Å². The van der Waals surface area contributed by atoms with E-state index < -0.39 is 0 Å². The number of nitrogens with zero attached hydrogens (tertiary/aromatic N) is 4. The zero-order chi connectivity index (χ0) is 18.9. The second-order valence-electron chi connectivity index (χ2n) is 6.20. The standard InChI is InChI=1S/C17H24N6O2S/c1-4-5-9-23-21-16(20-22-23)19-17(26)18-15(24)13-7-6-8-14(10-13)25-11-12(2)3/h6-8,10,12H,4-5,9,11H2,1-3H3,(H2,18,19,21,24,26). The molecule has 0 aliphatic carbocycles. The first-order chi connectivity index (χ1) is 12.5. The molecule has 0 fully saturated rings. The predicted octanol–water partition coefficient (Wildman–Crippen LogP) is 2.63. The number of unbranched alkanes of at least 4 members (excludes halogenated alkanes) is 1. The lowest BCUT2D eigenvalue weighted by Crippen LogP contribution is -2.34. The van der Waals surface area contributed by atoms with E-state index in [-0.39, 0.29) is 17.0 Å². The van der Waals surface area contributed by atoms with Crippen LogP contribution in [0.4, 0.5) is 5.95 Å². The van der Waals surface area contributed by atoms with E-state index in [9.17, 15) is 4.79 Å². The van der Waals surface area contributed by atoms with E-state index in [0.717, 1.165) is 12.8 Å². The number of aryl methyl sites for hydroxylation is 1. The van der Waals surface area contributed by atoms with Gasteiger partial charge in [0.25, 0.3) is 11.9 Å². The SMILES string of the molecule is CCCCn1nnc(NC(=S)NC(=O)c2cccc(OCC(C)C)c2)n1. The molecule has 0 spiro atoms. The Morgan fingerprint density at radius 2 is 2.19 bits per heavy atom. The Morgan fingerprint density at radius 3 is 2.92 bits per heavy atom. The Balaban J connectivity index is 1.89. The number of nitrogens with one attached hydrogen (secondary N) is 2. The van der Waals surface area contributed by atoms with E-state index in [1.165, 1.54) is 4.80 Å². The Labute approximate surface area is 158 Å². The van der Waals surface area contributed by atoms with Crippen LogP contribution >= 0.6 is 12.2 Å². The summed E-state index contributed by atoms with van der Waals surface area (Å²) in [5, 5.41) is 17.4. The van der Waals surface area contributed by atoms with Crippen LogP contribution in [0.2, 0.25) is 0 Å². The van der Waals surface area contributed by atoms with Crippen LogP contribution in [0.15, 0.2) is 24.3 Å². The largest absolute Gasteiger partial charge is 0.493 e. The van der Waals surface area contributed by atoms with Crippen molar-refractivity contribution in [1.29, 1.82) is 0 Å². The molecule has 2 rings (SSSR count). The van der Waals surface area contributed by atoms with Crippen molar-refractivity contribution in [3.8, 4) is 5.75 Å². The van der Waals surface area contributed by atoms with Crippen LogP contribution in [0.5, 0.6) is 5.75 Å². The Morgan fingerprint density at radius 1 is 1.38 bits per heavy atom. The molecule has 0 aliphatic heterocycles. The van der Waals surface area contributed by atoms with Gasteiger partial charge in [-0.05, 0) is 48.0 Å². The number of hydrogen-bond donors (Lipinski definition) is 2. The summed E-state index contributed by atoms with van der Waals surface area (Å²) in [7, 11) is 0. The number of carbonyl (C=O) groups excluding carboxylic acids is 1. The van der Waals surface area contributed by atoms with Gasteiger partial charge in [0.2, 0.25) is 0 Å². The molecule has 0 saturated carbocycles. The van der Waals surface area contributed by atoms with Gasteiger partial charge in [-0.1, -0.05) is 38.4 Å². The van der Waals surface area contributed by atoms with Gasteiger partial charge in [0.1, 0.15) is 5.75 Å². The van der Waals surface area contributed by atoms with Gasteiger partial charge in [0.05, 0.1) is 13.2 Å². The summed E-state index contributed by atoms with van der Waals surface area (Å²) in [5.74, 6) is 0.963. The predicted molar refractivity (Wildman–Crippen MR) is 103 cm³/mol. The van der Waals surface area contributed by atoms with Crippen LogP contribution in [0.1, 0.15) is 44.0 Å². The molecule has 0 unspecified atom stereocenters. The van der Waals surface area contributed by atoms with Gasteiger partial charge in [-0.15, -0.1) is 5.10 Å². The van der Waals surface area contributed by atoms with Crippen molar-refractivity contribution in [3.05, 3.63) is 29.8 Å². The summed E-state index contributed by atoms with van der Waals surface area (Å²) in [6, 6.07) is 6.95. The molecule has 8 nitrogen and oxygen atoms in total. The minimum Gasteiger partial charge on any atom is -0.493 e. The van der Waals surface area contributed by atoms with Gasteiger partial charge in [0, 0.05) is 5.56 Å². The number of hydrogen-bond acceptors (Lipinski definition) is 6. The number of ether oxygens (including phenoxy) is 1. The summed E-state index contributed by atoms with van der Waals surface area (Å²) in [6.07, 6.45) is 2.00. The van der Waals surface area contributed by atoms with E-state index in [1.807, 2.05) is 6.07 Å². The van der Waals surface area contributed by atoms with Crippen LogP contribution in [0, 0.1) is 5.92 Å². The fourth-order valence-corrected chi connectivity index (χ4v) is 2.17. The number of carbonyl (C=O) groups is 1. The Bertz CT molecular complexity index is 746.